The molecule has 0 radical (unpaired) electrons. The van der Waals surface area contributed by atoms with Gasteiger partial charge in [0.2, 0.25) is 0 Å². The highest BCUT2D eigenvalue weighted by Crippen LogP contribution is 2.18. The summed E-state index contributed by atoms with van der Waals surface area (Å²) in [6, 6.07) is -0.186. The van der Waals surface area contributed by atoms with Crippen molar-refractivity contribution in [3.63, 3.8) is 0 Å². The van der Waals surface area contributed by atoms with Crippen LogP contribution in [0.15, 0.2) is 0 Å². The summed E-state index contributed by atoms with van der Waals surface area (Å²) >= 11 is 0. The number of hydrogen-bond acceptors (Lipinski definition) is 4. The molecule has 2 atom stereocenters. The molecule has 0 bridgehead atoms. The summed E-state index contributed by atoms with van der Waals surface area (Å²) < 4.78 is 34.6. The van der Waals surface area contributed by atoms with Gasteiger partial charge in [-0.1, -0.05) is 20.8 Å². The zero-order valence-electron chi connectivity index (χ0n) is 13.8. The SMILES string of the molecule is CCNCC1CCCN(S(=O)(=O)NC(COC)C(C)C)C1. The monoisotopic (exact) mass is 321 g/mol. The fourth-order valence-electron chi connectivity index (χ4n) is 2.57. The van der Waals surface area contributed by atoms with Gasteiger partial charge in [-0.2, -0.15) is 17.4 Å². The Morgan fingerprint density at radius 2 is 2.10 bits per heavy atom. The van der Waals surface area contributed by atoms with Gasteiger partial charge in [0.05, 0.1) is 6.61 Å². The van der Waals surface area contributed by atoms with Crippen LogP contribution >= 0.6 is 0 Å². The maximum absolute atomic E-state index is 12.5. The van der Waals surface area contributed by atoms with Crippen LogP contribution in [-0.2, 0) is 14.9 Å². The molecule has 1 fully saturated rings. The van der Waals surface area contributed by atoms with E-state index in [0.717, 1.165) is 25.9 Å². The quantitative estimate of drug-likeness (QED) is 0.659. The third-order valence-electron chi connectivity index (χ3n) is 3.96. The molecule has 0 aromatic carbocycles. The molecule has 0 aromatic rings. The van der Waals surface area contributed by atoms with E-state index in [-0.39, 0.29) is 12.0 Å². The van der Waals surface area contributed by atoms with Crippen LogP contribution in [0.1, 0.15) is 33.6 Å². The normalized spacial score (nSPS) is 22.6. The van der Waals surface area contributed by atoms with Gasteiger partial charge in [0.1, 0.15) is 0 Å². The Bertz CT molecular complexity index is 387. The standard InChI is InChI=1S/C14H31N3O3S/c1-5-15-9-13-7-6-8-17(10-13)21(18,19)16-14(11-20-4)12(2)3/h12-16H,5-11H2,1-4H3. The molecule has 1 rings (SSSR count). The lowest BCUT2D eigenvalue weighted by Crippen LogP contribution is -2.52. The Kier molecular flexibility index (Phi) is 8.12. The molecule has 1 saturated heterocycles. The van der Waals surface area contributed by atoms with Crippen molar-refractivity contribution in [3.8, 4) is 0 Å². The van der Waals surface area contributed by atoms with E-state index in [0.29, 0.717) is 25.6 Å². The molecule has 0 aromatic heterocycles. The highest BCUT2D eigenvalue weighted by Gasteiger charge is 2.31. The largest absolute Gasteiger partial charge is 0.383 e. The van der Waals surface area contributed by atoms with Gasteiger partial charge in [0.25, 0.3) is 10.2 Å². The van der Waals surface area contributed by atoms with Crippen molar-refractivity contribution in [2.75, 3.05) is 39.9 Å². The zero-order valence-corrected chi connectivity index (χ0v) is 14.6. The van der Waals surface area contributed by atoms with Gasteiger partial charge in [-0.15, -0.1) is 0 Å². The summed E-state index contributed by atoms with van der Waals surface area (Å²) in [5.74, 6) is 0.595. The van der Waals surface area contributed by atoms with E-state index in [1.807, 2.05) is 13.8 Å². The molecule has 1 aliphatic rings. The molecular formula is C14H31N3O3S. The van der Waals surface area contributed by atoms with Gasteiger partial charge in [0, 0.05) is 26.2 Å². The van der Waals surface area contributed by atoms with Crippen LogP contribution < -0.4 is 10.0 Å². The minimum absolute atomic E-state index is 0.186. The number of methoxy groups -OCH3 is 1. The van der Waals surface area contributed by atoms with Crippen molar-refractivity contribution in [2.45, 2.75) is 39.7 Å². The van der Waals surface area contributed by atoms with Gasteiger partial charge in [0.15, 0.2) is 0 Å². The van der Waals surface area contributed by atoms with E-state index in [2.05, 4.69) is 17.0 Å². The number of piperidine rings is 1. The first-order valence-electron chi connectivity index (χ1n) is 7.87. The van der Waals surface area contributed by atoms with Crippen LogP contribution in [0, 0.1) is 11.8 Å². The topological polar surface area (TPSA) is 70.7 Å². The minimum atomic E-state index is -3.43. The van der Waals surface area contributed by atoms with E-state index in [1.165, 1.54) is 0 Å². The van der Waals surface area contributed by atoms with Crippen molar-refractivity contribution in [3.05, 3.63) is 0 Å². The van der Waals surface area contributed by atoms with Crippen LogP contribution in [0.3, 0.4) is 0 Å². The number of rotatable bonds is 9. The fourth-order valence-corrected chi connectivity index (χ4v) is 4.22. The Morgan fingerprint density at radius 3 is 2.67 bits per heavy atom. The van der Waals surface area contributed by atoms with E-state index < -0.39 is 10.2 Å². The second-order valence-electron chi connectivity index (χ2n) is 6.10. The predicted octanol–water partition coefficient (Wildman–Crippen LogP) is 0.813. The van der Waals surface area contributed by atoms with Crippen molar-refractivity contribution >= 4 is 10.2 Å². The average Bonchev–Trinajstić information content (AvgIpc) is 2.44. The average molecular weight is 321 g/mol. The molecule has 1 aliphatic heterocycles. The molecule has 0 spiro atoms. The van der Waals surface area contributed by atoms with Crippen LogP contribution in [-0.4, -0.2) is 58.7 Å². The first kappa shape index (κ1) is 18.8. The van der Waals surface area contributed by atoms with E-state index in [4.69, 9.17) is 4.74 Å². The van der Waals surface area contributed by atoms with Gasteiger partial charge >= 0.3 is 0 Å². The smallest absolute Gasteiger partial charge is 0.279 e. The van der Waals surface area contributed by atoms with Crippen molar-refractivity contribution in [1.29, 1.82) is 0 Å². The van der Waals surface area contributed by atoms with E-state index in [1.54, 1.807) is 11.4 Å². The maximum Gasteiger partial charge on any atom is 0.279 e. The summed E-state index contributed by atoms with van der Waals surface area (Å²) in [7, 11) is -1.84. The Morgan fingerprint density at radius 1 is 1.38 bits per heavy atom. The second kappa shape index (κ2) is 9.05. The molecule has 21 heavy (non-hydrogen) atoms. The molecule has 0 saturated carbocycles. The summed E-state index contributed by atoms with van der Waals surface area (Å²) in [5.41, 5.74) is 0. The highest BCUT2D eigenvalue weighted by molar-refractivity contribution is 7.87. The number of nitrogens with one attached hydrogen (secondary N) is 2. The molecule has 2 unspecified atom stereocenters. The van der Waals surface area contributed by atoms with Crippen LogP contribution in [0.4, 0.5) is 0 Å². The first-order valence-corrected chi connectivity index (χ1v) is 9.31. The summed E-state index contributed by atoms with van der Waals surface area (Å²) in [6.45, 7) is 9.46. The lowest BCUT2D eigenvalue weighted by atomic mass is 10.00. The van der Waals surface area contributed by atoms with Crippen molar-refractivity contribution in [2.24, 2.45) is 11.8 Å². The molecule has 6 nitrogen and oxygen atoms in total. The van der Waals surface area contributed by atoms with Gasteiger partial charge < -0.3 is 10.1 Å². The fraction of sp³-hybridized carbons (Fsp3) is 1.00. The third-order valence-corrected chi connectivity index (χ3v) is 5.57. The molecule has 1 heterocycles. The number of nitrogens with zero attached hydrogens (tertiary/aromatic N) is 1. The molecular weight excluding hydrogens is 290 g/mol. The molecule has 7 heteroatoms. The highest BCUT2D eigenvalue weighted by atomic mass is 32.2. The summed E-state index contributed by atoms with van der Waals surface area (Å²) in [6.07, 6.45) is 2.01. The van der Waals surface area contributed by atoms with Gasteiger partial charge in [-0.05, 0) is 37.8 Å². The number of hydrogen-bond donors (Lipinski definition) is 2. The zero-order chi connectivity index (χ0) is 15.9. The van der Waals surface area contributed by atoms with Gasteiger partial charge in [-0.25, -0.2) is 0 Å². The van der Waals surface area contributed by atoms with Crippen molar-refractivity contribution < 1.29 is 13.2 Å². The maximum atomic E-state index is 12.5. The summed E-state index contributed by atoms with van der Waals surface area (Å²) in [5, 5.41) is 3.31. The lowest BCUT2D eigenvalue weighted by Gasteiger charge is -2.33. The summed E-state index contributed by atoms with van der Waals surface area (Å²) in [4.78, 5) is 0. The second-order valence-corrected chi connectivity index (χ2v) is 7.80. The minimum Gasteiger partial charge on any atom is -0.383 e. The molecule has 0 amide bonds. The number of ether oxygens (including phenoxy) is 1. The third kappa shape index (κ3) is 6.20. The van der Waals surface area contributed by atoms with E-state index >= 15 is 0 Å². The van der Waals surface area contributed by atoms with Gasteiger partial charge in [-0.3, -0.25) is 0 Å². The Balaban J connectivity index is 2.63. The Labute approximate surface area is 129 Å². The lowest BCUT2D eigenvalue weighted by molar-refractivity contribution is 0.155. The molecule has 2 N–H and O–H groups in total. The van der Waals surface area contributed by atoms with Crippen LogP contribution in [0.5, 0.6) is 0 Å². The van der Waals surface area contributed by atoms with Crippen molar-refractivity contribution in [1.82, 2.24) is 14.3 Å². The molecule has 0 aliphatic carbocycles. The first-order chi connectivity index (χ1) is 9.90. The van der Waals surface area contributed by atoms with E-state index in [9.17, 15) is 8.42 Å². The van der Waals surface area contributed by atoms with Crippen LogP contribution in [0.2, 0.25) is 0 Å². The predicted molar refractivity (Wildman–Crippen MR) is 85.4 cm³/mol. The van der Waals surface area contributed by atoms with Crippen LogP contribution in [0.25, 0.3) is 0 Å². The molecule has 126 valence electrons. The Hall–Kier alpha value is -0.210.